The summed E-state index contributed by atoms with van der Waals surface area (Å²) < 4.78 is 7.01. The number of hydrogen-bond donors (Lipinski definition) is 1. The van der Waals surface area contributed by atoms with E-state index >= 15 is 0 Å². The molecule has 0 aromatic carbocycles. The predicted molar refractivity (Wildman–Crippen MR) is 91.8 cm³/mol. The number of carbonyl (C=O) groups excluding carboxylic acids is 1. The van der Waals surface area contributed by atoms with Crippen LogP contribution in [0.1, 0.15) is 40.0 Å². The fourth-order valence-electron chi connectivity index (χ4n) is 3.26. The Hall–Kier alpha value is -1.70. The van der Waals surface area contributed by atoms with Gasteiger partial charge in [0.05, 0.1) is 11.5 Å². The number of aliphatic hydroxyl groups excluding tert-OH is 1. The quantitative estimate of drug-likeness (QED) is 0.899. The van der Waals surface area contributed by atoms with Gasteiger partial charge >= 0.3 is 0 Å². The third-order valence-corrected chi connectivity index (χ3v) is 5.50. The highest BCUT2D eigenvalue weighted by Gasteiger charge is 2.32. The Morgan fingerprint density at radius 3 is 3.12 bits per heavy atom. The maximum Gasteiger partial charge on any atom is 0.264 e. The molecule has 3 rings (SSSR count). The molecule has 130 valence electrons. The Morgan fingerprint density at radius 1 is 1.58 bits per heavy atom. The minimum atomic E-state index is -0.651. The Kier molecular flexibility index (Phi) is 5.33. The number of hydrogen-bond acceptors (Lipinski definition) is 5. The molecule has 24 heavy (non-hydrogen) atoms. The summed E-state index contributed by atoms with van der Waals surface area (Å²) in [7, 11) is 3.51. The summed E-state index contributed by atoms with van der Waals surface area (Å²) in [6.45, 7) is 1.72. The van der Waals surface area contributed by atoms with Crippen molar-refractivity contribution < 1.29 is 14.6 Å². The molecule has 2 aromatic rings. The van der Waals surface area contributed by atoms with Crippen LogP contribution in [0.25, 0.3) is 0 Å². The lowest BCUT2D eigenvalue weighted by molar-refractivity contribution is 0.0359. The van der Waals surface area contributed by atoms with Crippen molar-refractivity contribution >= 4 is 17.2 Å². The average Bonchev–Trinajstić information content (AvgIpc) is 3.23. The van der Waals surface area contributed by atoms with E-state index in [2.05, 4.69) is 4.98 Å². The highest BCUT2D eigenvalue weighted by molar-refractivity contribution is 7.12. The van der Waals surface area contributed by atoms with E-state index in [1.807, 2.05) is 34.2 Å². The van der Waals surface area contributed by atoms with Gasteiger partial charge in [0.25, 0.3) is 5.91 Å². The predicted octanol–water partition coefficient (Wildman–Crippen LogP) is 2.21. The van der Waals surface area contributed by atoms with Gasteiger partial charge in [-0.25, -0.2) is 4.98 Å². The topological polar surface area (TPSA) is 67.6 Å². The number of nitrogens with zero attached hydrogens (tertiary/aromatic N) is 3. The van der Waals surface area contributed by atoms with Crippen molar-refractivity contribution in [1.82, 2.24) is 14.5 Å². The molecule has 0 bridgehead atoms. The van der Waals surface area contributed by atoms with Crippen molar-refractivity contribution in [2.24, 2.45) is 13.0 Å². The van der Waals surface area contributed by atoms with E-state index in [0.29, 0.717) is 19.0 Å². The lowest BCUT2D eigenvalue weighted by Gasteiger charge is -2.34. The number of rotatable bonds is 5. The van der Waals surface area contributed by atoms with Crippen LogP contribution >= 0.6 is 11.3 Å². The first kappa shape index (κ1) is 17.1. The molecule has 1 amide bonds. The van der Waals surface area contributed by atoms with Gasteiger partial charge in [-0.05, 0) is 24.3 Å². The smallest absolute Gasteiger partial charge is 0.264 e. The highest BCUT2D eigenvalue weighted by Crippen LogP contribution is 2.30. The molecule has 6 nitrogen and oxygen atoms in total. The van der Waals surface area contributed by atoms with E-state index in [4.69, 9.17) is 4.74 Å². The van der Waals surface area contributed by atoms with Crippen LogP contribution in [0.4, 0.5) is 0 Å². The number of ether oxygens (including phenoxy) is 1. The number of methoxy groups -OCH3 is 1. The van der Waals surface area contributed by atoms with Crippen LogP contribution in [0.2, 0.25) is 0 Å². The summed E-state index contributed by atoms with van der Waals surface area (Å²) in [6, 6.07) is 1.94. The highest BCUT2D eigenvalue weighted by atomic mass is 32.1. The van der Waals surface area contributed by atoms with Gasteiger partial charge in [-0.3, -0.25) is 4.79 Å². The molecule has 1 aliphatic heterocycles. The van der Waals surface area contributed by atoms with E-state index in [-0.39, 0.29) is 11.8 Å². The van der Waals surface area contributed by atoms with Gasteiger partial charge in [0, 0.05) is 51.1 Å². The third-order valence-electron chi connectivity index (χ3n) is 4.56. The number of aromatic nitrogens is 2. The number of aryl methyl sites for hydroxylation is 1. The number of aliphatic hydroxyl groups is 1. The summed E-state index contributed by atoms with van der Waals surface area (Å²) in [5, 5.41) is 12.6. The molecule has 1 aliphatic rings. The van der Waals surface area contributed by atoms with Crippen LogP contribution < -0.4 is 0 Å². The van der Waals surface area contributed by atoms with Crippen LogP contribution in [0.3, 0.4) is 0 Å². The monoisotopic (exact) mass is 349 g/mol. The number of likely N-dealkylation sites (tertiary alicyclic amines) is 1. The summed E-state index contributed by atoms with van der Waals surface area (Å²) >= 11 is 1.45. The second-order valence-electron chi connectivity index (χ2n) is 6.20. The van der Waals surface area contributed by atoms with Crippen LogP contribution in [-0.4, -0.2) is 45.7 Å². The van der Waals surface area contributed by atoms with E-state index < -0.39 is 6.10 Å². The molecule has 2 unspecified atom stereocenters. The van der Waals surface area contributed by atoms with E-state index in [1.165, 1.54) is 11.3 Å². The van der Waals surface area contributed by atoms with Crippen LogP contribution in [0, 0.1) is 5.92 Å². The minimum absolute atomic E-state index is 0.00892. The molecule has 0 aliphatic carbocycles. The average molecular weight is 349 g/mol. The summed E-state index contributed by atoms with van der Waals surface area (Å²) in [5.74, 6) is 0.703. The van der Waals surface area contributed by atoms with E-state index in [9.17, 15) is 9.90 Å². The van der Waals surface area contributed by atoms with Gasteiger partial charge in [-0.1, -0.05) is 0 Å². The molecule has 2 aromatic heterocycles. The standard InChI is InChI=1S/C17H23N3O3S/c1-19-8-6-18-16(19)14(21)12-4-3-7-20(10-12)17(22)15-13(11-23-2)5-9-24-15/h5-6,8-9,12,14,21H,3-4,7,10-11H2,1-2H3. The van der Waals surface area contributed by atoms with Crippen molar-refractivity contribution in [3.8, 4) is 0 Å². The summed E-state index contributed by atoms with van der Waals surface area (Å²) in [6.07, 6.45) is 4.65. The Labute approximate surface area is 145 Å². The fourth-order valence-corrected chi connectivity index (χ4v) is 4.14. The van der Waals surface area contributed by atoms with Crippen molar-refractivity contribution in [1.29, 1.82) is 0 Å². The summed E-state index contributed by atoms with van der Waals surface area (Å²) in [5.41, 5.74) is 0.930. The van der Waals surface area contributed by atoms with Crippen molar-refractivity contribution in [2.75, 3.05) is 20.2 Å². The molecule has 0 saturated carbocycles. The fraction of sp³-hybridized carbons (Fsp3) is 0.529. The Morgan fingerprint density at radius 2 is 2.42 bits per heavy atom. The summed E-state index contributed by atoms with van der Waals surface area (Å²) in [4.78, 5) is 19.7. The first-order valence-corrected chi connectivity index (χ1v) is 8.99. The molecular formula is C17H23N3O3S. The molecule has 1 N–H and O–H groups in total. The number of imidazole rings is 1. The zero-order valence-corrected chi connectivity index (χ0v) is 14.8. The zero-order chi connectivity index (χ0) is 17.1. The molecule has 1 saturated heterocycles. The van der Waals surface area contributed by atoms with Crippen LogP contribution in [-0.2, 0) is 18.4 Å². The largest absolute Gasteiger partial charge is 0.385 e. The van der Waals surface area contributed by atoms with E-state index in [0.717, 1.165) is 29.8 Å². The van der Waals surface area contributed by atoms with Gasteiger partial charge in [0.15, 0.2) is 0 Å². The third kappa shape index (κ3) is 3.38. The Balaban J connectivity index is 1.72. The van der Waals surface area contributed by atoms with Crippen molar-refractivity contribution in [3.05, 3.63) is 40.1 Å². The maximum atomic E-state index is 12.9. The molecule has 1 fully saturated rings. The minimum Gasteiger partial charge on any atom is -0.385 e. The normalized spacial score (nSPS) is 19.5. The molecule has 3 heterocycles. The second kappa shape index (κ2) is 7.46. The first-order valence-electron chi connectivity index (χ1n) is 8.11. The van der Waals surface area contributed by atoms with Gasteiger partial charge in [0.1, 0.15) is 11.9 Å². The number of piperidine rings is 1. The molecule has 0 spiro atoms. The lowest BCUT2D eigenvalue weighted by Crippen LogP contribution is -2.42. The zero-order valence-electron chi connectivity index (χ0n) is 14.0. The van der Waals surface area contributed by atoms with Gasteiger partial charge in [0.2, 0.25) is 0 Å². The molecular weight excluding hydrogens is 326 g/mol. The van der Waals surface area contributed by atoms with Gasteiger partial charge in [-0.15, -0.1) is 11.3 Å². The van der Waals surface area contributed by atoms with Crippen LogP contribution in [0.5, 0.6) is 0 Å². The van der Waals surface area contributed by atoms with Crippen molar-refractivity contribution in [3.63, 3.8) is 0 Å². The number of amides is 1. The maximum absolute atomic E-state index is 12.9. The Bertz CT molecular complexity index is 697. The van der Waals surface area contributed by atoms with Gasteiger partial charge < -0.3 is 19.3 Å². The molecule has 7 heteroatoms. The van der Waals surface area contributed by atoms with Gasteiger partial charge in [-0.2, -0.15) is 0 Å². The van der Waals surface area contributed by atoms with Crippen molar-refractivity contribution in [2.45, 2.75) is 25.6 Å². The number of carbonyl (C=O) groups is 1. The first-order chi connectivity index (χ1) is 11.6. The SMILES string of the molecule is COCc1ccsc1C(=O)N1CCCC(C(O)c2nccn2C)C1. The second-order valence-corrected chi connectivity index (χ2v) is 7.12. The molecule has 2 atom stereocenters. The number of thiophene rings is 1. The molecule has 0 radical (unpaired) electrons. The van der Waals surface area contributed by atoms with E-state index in [1.54, 1.807) is 13.3 Å². The lowest BCUT2D eigenvalue weighted by atomic mass is 9.91. The van der Waals surface area contributed by atoms with Crippen LogP contribution in [0.15, 0.2) is 23.8 Å².